The number of hydrogen-bond donors (Lipinski definition) is 1. The van der Waals surface area contributed by atoms with Crippen LogP contribution in [0.3, 0.4) is 0 Å². The maximum absolute atomic E-state index is 11.8. The first-order valence-corrected chi connectivity index (χ1v) is 7.94. The number of nitrogens with zero attached hydrogens (tertiary/aromatic N) is 1. The van der Waals surface area contributed by atoms with Gasteiger partial charge in [0.25, 0.3) is 5.91 Å². The lowest BCUT2D eigenvalue weighted by molar-refractivity contribution is -0.129. The molecule has 0 aliphatic heterocycles. The van der Waals surface area contributed by atoms with Gasteiger partial charge in [-0.05, 0) is 36.4 Å². The van der Waals surface area contributed by atoms with Crippen molar-refractivity contribution in [3.63, 3.8) is 0 Å². The number of rotatable bonds is 9. The summed E-state index contributed by atoms with van der Waals surface area (Å²) in [7, 11) is 1.60. The standard InChI is InChI=1S/C18H22N2O5/c1-14(21)20(10-9-19-18(22)17-4-3-12-25-17)11-13-24-16-7-5-15(23-2)6-8-16/h3-8,12H,9-11,13H2,1-2H3,(H,19,22). The van der Waals surface area contributed by atoms with Crippen LogP contribution in [0, 0.1) is 0 Å². The molecule has 2 rings (SSSR count). The highest BCUT2D eigenvalue weighted by Gasteiger charge is 2.11. The van der Waals surface area contributed by atoms with Gasteiger partial charge in [0, 0.05) is 20.0 Å². The van der Waals surface area contributed by atoms with E-state index in [2.05, 4.69) is 5.32 Å². The van der Waals surface area contributed by atoms with Gasteiger partial charge in [-0.1, -0.05) is 0 Å². The van der Waals surface area contributed by atoms with Crippen LogP contribution in [0.5, 0.6) is 11.5 Å². The van der Waals surface area contributed by atoms with Crippen molar-refractivity contribution in [1.29, 1.82) is 0 Å². The molecule has 1 aromatic heterocycles. The van der Waals surface area contributed by atoms with Crippen molar-refractivity contribution in [2.75, 3.05) is 33.4 Å². The zero-order valence-electron chi connectivity index (χ0n) is 14.4. The van der Waals surface area contributed by atoms with Crippen LogP contribution < -0.4 is 14.8 Å². The Hall–Kier alpha value is -2.96. The maximum atomic E-state index is 11.8. The van der Waals surface area contributed by atoms with Crippen LogP contribution in [0.4, 0.5) is 0 Å². The molecule has 1 aromatic carbocycles. The maximum Gasteiger partial charge on any atom is 0.287 e. The highest BCUT2D eigenvalue weighted by Crippen LogP contribution is 2.16. The van der Waals surface area contributed by atoms with E-state index < -0.39 is 0 Å². The van der Waals surface area contributed by atoms with Crippen LogP contribution in [-0.2, 0) is 4.79 Å². The number of methoxy groups -OCH3 is 1. The predicted molar refractivity (Wildman–Crippen MR) is 91.8 cm³/mol. The Kier molecular flexibility index (Phi) is 6.88. The van der Waals surface area contributed by atoms with Crippen molar-refractivity contribution in [2.45, 2.75) is 6.92 Å². The molecule has 0 aliphatic rings. The molecule has 0 atom stereocenters. The van der Waals surface area contributed by atoms with E-state index in [-0.39, 0.29) is 17.6 Å². The monoisotopic (exact) mass is 346 g/mol. The Morgan fingerprint density at radius 2 is 1.84 bits per heavy atom. The summed E-state index contributed by atoms with van der Waals surface area (Å²) in [6.07, 6.45) is 1.44. The Bertz CT molecular complexity index is 667. The minimum Gasteiger partial charge on any atom is -0.497 e. The first-order chi connectivity index (χ1) is 12.1. The summed E-state index contributed by atoms with van der Waals surface area (Å²) in [6, 6.07) is 10.5. The number of nitrogens with one attached hydrogen (secondary N) is 1. The first-order valence-electron chi connectivity index (χ1n) is 7.94. The van der Waals surface area contributed by atoms with Gasteiger partial charge in [0.15, 0.2) is 5.76 Å². The molecule has 0 spiro atoms. The van der Waals surface area contributed by atoms with Crippen molar-refractivity contribution in [2.24, 2.45) is 0 Å². The molecule has 0 saturated heterocycles. The fraction of sp³-hybridized carbons (Fsp3) is 0.333. The third kappa shape index (κ3) is 5.87. The van der Waals surface area contributed by atoms with Gasteiger partial charge in [-0.15, -0.1) is 0 Å². The average Bonchev–Trinajstić information content (AvgIpc) is 3.15. The van der Waals surface area contributed by atoms with E-state index in [1.54, 1.807) is 36.3 Å². The molecule has 7 nitrogen and oxygen atoms in total. The van der Waals surface area contributed by atoms with Crippen LogP contribution in [0.15, 0.2) is 47.1 Å². The van der Waals surface area contributed by atoms with E-state index in [1.807, 2.05) is 12.1 Å². The third-order valence-corrected chi connectivity index (χ3v) is 3.55. The molecule has 0 aliphatic carbocycles. The van der Waals surface area contributed by atoms with Gasteiger partial charge in [-0.3, -0.25) is 9.59 Å². The third-order valence-electron chi connectivity index (χ3n) is 3.55. The van der Waals surface area contributed by atoms with E-state index in [0.29, 0.717) is 32.0 Å². The number of furan rings is 1. The first kappa shape index (κ1) is 18.4. The second kappa shape index (κ2) is 9.36. The number of carbonyl (C=O) groups is 2. The molecule has 0 bridgehead atoms. The summed E-state index contributed by atoms with van der Waals surface area (Å²) in [5, 5.41) is 2.71. The largest absolute Gasteiger partial charge is 0.497 e. The SMILES string of the molecule is COc1ccc(OCCN(CCNC(=O)c2ccco2)C(C)=O)cc1. The van der Waals surface area contributed by atoms with Crippen molar-refractivity contribution in [3.8, 4) is 11.5 Å². The van der Waals surface area contributed by atoms with Crippen LogP contribution in [-0.4, -0.2) is 50.1 Å². The molecule has 0 saturated carbocycles. The number of benzene rings is 1. The Balaban J connectivity index is 1.72. The van der Waals surface area contributed by atoms with Gasteiger partial charge in [0.1, 0.15) is 18.1 Å². The lowest BCUT2D eigenvalue weighted by atomic mass is 10.3. The highest BCUT2D eigenvalue weighted by atomic mass is 16.5. The second-order valence-electron chi connectivity index (χ2n) is 5.26. The van der Waals surface area contributed by atoms with Crippen LogP contribution in [0.2, 0.25) is 0 Å². The number of ether oxygens (including phenoxy) is 2. The summed E-state index contributed by atoms with van der Waals surface area (Å²) in [6.45, 7) is 3.01. The van der Waals surface area contributed by atoms with Gasteiger partial charge in [0.05, 0.1) is 19.9 Å². The molecule has 25 heavy (non-hydrogen) atoms. The van der Waals surface area contributed by atoms with E-state index in [1.165, 1.54) is 13.2 Å². The van der Waals surface area contributed by atoms with E-state index >= 15 is 0 Å². The van der Waals surface area contributed by atoms with Gasteiger partial charge in [-0.2, -0.15) is 0 Å². The lowest BCUT2D eigenvalue weighted by Crippen LogP contribution is -2.39. The van der Waals surface area contributed by atoms with Crippen LogP contribution in [0.25, 0.3) is 0 Å². The summed E-state index contributed by atoms with van der Waals surface area (Å²) >= 11 is 0. The Morgan fingerprint density at radius 3 is 2.44 bits per heavy atom. The number of hydrogen-bond acceptors (Lipinski definition) is 5. The van der Waals surface area contributed by atoms with Gasteiger partial charge >= 0.3 is 0 Å². The lowest BCUT2D eigenvalue weighted by Gasteiger charge is -2.21. The van der Waals surface area contributed by atoms with Gasteiger partial charge in [-0.25, -0.2) is 0 Å². The molecular formula is C18H22N2O5. The molecule has 7 heteroatoms. The topological polar surface area (TPSA) is 81.0 Å². The van der Waals surface area contributed by atoms with Crippen LogP contribution in [0.1, 0.15) is 17.5 Å². The van der Waals surface area contributed by atoms with Crippen molar-refractivity contribution in [3.05, 3.63) is 48.4 Å². The van der Waals surface area contributed by atoms with Crippen molar-refractivity contribution in [1.82, 2.24) is 10.2 Å². The molecule has 2 aromatic rings. The molecule has 134 valence electrons. The number of amides is 2. The average molecular weight is 346 g/mol. The molecule has 0 fully saturated rings. The fourth-order valence-corrected chi connectivity index (χ4v) is 2.17. The molecular weight excluding hydrogens is 324 g/mol. The summed E-state index contributed by atoms with van der Waals surface area (Å²) in [4.78, 5) is 25.1. The zero-order chi connectivity index (χ0) is 18.1. The van der Waals surface area contributed by atoms with E-state index in [0.717, 1.165) is 5.75 Å². The van der Waals surface area contributed by atoms with Crippen LogP contribution >= 0.6 is 0 Å². The Morgan fingerprint density at radius 1 is 1.12 bits per heavy atom. The van der Waals surface area contributed by atoms with Crippen molar-refractivity contribution >= 4 is 11.8 Å². The summed E-state index contributed by atoms with van der Waals surface area (Å²) < 4.78 is 15.7. The van der Waals surface area contributed by atoms with E-state index in [4.69, 9.17) is 13.9 Å². The fourth-order valence-electron chi connectivity index (χ4n) is 2.17. The minimum absolute atomic E-state index is 0.0782. The predicted octanol–water partition coefficient (Wildman–Crippen LogP) is 1.95. The van der Waals surface area contributed by atoms with Crippen molar-refractivity contribution < 1.29 is 23.5 Å². The number of carbonyl (C=O) groups excluding carboxylic acids is 2. The second-order valence-corrected chi connectivity index (χ2v) is 5.26. The van der Waals surface area contributed by atoms with Gasteiger partial charge < -0.3 is 24.1 Å². The molecule has 1 N–H and O–H groups in total. The molecule has 0 radical (unpaired) electrons. The quantitative estimate of drug-likeness (QED) is 0.750. The van der Waals surface area contributed by atoms with E-state index in [9.17, 15) is 9.59 Å². The molecule has 2 amide bonds. The zero-order valence-corrected chi connectivity index (χ0v) is 14.4. The smallest absolute Gasteiger partial charge is 0.287 e. The molecule has 1 heterocycles. The Labute approximate surface area is 146 Å². The summed E-state index contributed by atoms with van der Waals surface area (Å²) in [5.41, 5.74) is 0. The normalized spacial score (nSPS) is 10.2. The summed E-state index contributed by atoms with van der Waals surface area (Å²) in [5.74, 6) is 1.33. The highest BCUT2D eigenvalue weighted by molar-refractivity contribution is 5.91. The van der Waals surface area contributed by atoms with Gasteiger partial charge in [0.2, 0.25) is 5.91 Å². The molecule has 0 unspecified atom stereocenters. The minimum atomic E-state index is -0.303.